The Labute approximate surface area is 243 Å². The SMILES string of the molecule is CC(C(=O)NC(C)(C)C)N(Cc1ccccc1)C(=O)CN(c1ccc(Cl)c(C(F)(F)F)c1)S(=O)(=O)c1ccccc1. The number of benzene rings is 3. The Bertz CT molecular complexity index is 1480. The van der Waals surface area contributed by atoms with Gasteiger partial charge in [0.25, 0.3) is 10.0 Å². The summed E-state index contributed by atoms with van der Waals surface area (Å²) in [5.74, 6) is -1.28. The quantitative estimate of drug-likeness (QED) is 0.328. The van der Waals surface area contributed by atoms with Crippen LogP contribution in [0.5, 0.6) is 0 Å². The third kappa shape index (κ3) is 8.23. The normalized spacial score (nSPS) is 12.9. The maximum Gasteiger partial charge on any atom is 0.417 e. The molecule has 0 saturated carbocycles. The third-order valence-corrected chi connectivity index (χ3v) is 8.13. The molecular weight excluding hydrogens is 579 g/mol. The largest absolute Gasteiger partial charge is 0.417 e. The number of amides is 2. The number of carbonyl (C=O) groups is 2. The lowest BCUT2D eigenvalue weighted by Gasteiger charge is -2.33. The Balaban J connectivity index is 2.10. The van der Waals surface area contributed by atoms with E-state index in [0.29, 0.717) is 15.9 Å². The minimum absolute atomic E-state index is 0.0496. The van der Waals surface area contributed by atoms with Gasteiger partial charge in [-0.3, -0.25) is 13.9 Å². The second-order valence-electron chi connectivity index (χ2n) is 10.4. The summed E-state index contributed by atoms with van der Waals surface area (Å²) in [6.07, 6.45) is -4.88. The number of alkyl halides is 3. The van der Waals surface area contributed by atoms with Crippen LogP contribution in [0.15, 0.2) is 83.8 Å². The molecule has 0 heterocycles. The Hall–Kier alpha value is -3.57. The predicted octanol–water partition coefficient (Wildman–Crippen LogP) is 5.89. The number of halogens is 4. The zero-order valence-electron chi connectivity index (χ0n) is 22.9. The highest BCUT2D eigenvalue weighted by Gasteiger charge is 2.37. The summed E-state index contributed by atoms with van der Waals surface area (Å²) in [6.45, 7) is 5.89. The van der Waals surface area contributed by atoms with Crippen molar-refractivity contribution in [2.45, 2.75) is 56.9 Å². The average molecular weight is 610 g/mol. The second-order valence-corrected chi connectivity index (χ2v) is 12.7. The maximum absolute atomic E-state index is 13.9. The monoisotopic (exact) mass is 609 g/mol. The van der Waals surface area contributed by atoms with Crippen LogP contribution in [0.4, 0.5) is 18.9 Å². The molecule has 1 N–H and O–H groups in total. The van der Waals surface area contributed by atoms with Gasteiger partial charge in [0.15, 0.2) is 0 Å². The molecule has 0 fully saturated rings. The van der Waals surface area contributed by atoms with E-state index < -0.39 is 62.4 Å². The van der Waals surface area contributed by atoms with Crippen LogP contribution < -0.4 is 9.62 Å². The van der Waals surface area contributed by atoms with E-state index in [1.165, 1.54) is 36.1 Å². The lowest BCUT2D eigenvalue weighted by molar-refractivity contribution is -0.140. The van der Waals surface area contributed by atoms with Crippen LogP contribution in [0.3, 0.4) is 0 Å². The zero-order chi connectivity index (χ0) is 30.6. The van der Waals surface area contributed by atoms with E-state index in [9.17, 15) is 31.2 Å². The van der Waals surface area contributed by atoms with Crippen molar-refractivity contribution in [2.75, 3.05) is 10.8 Å². The summed E-state index contributed by atoms with van der Waals surface area (Å²) in [6, 6.07) is 17.4. The van der Waals surface area contributed by atoms with Gasteiger partial charge in [-0.2, -0.15) is 13.2 Å². The van der Waals surface area contributed by atoms with Crippen LogP contribution in [-0.4, -0.2) is 43.3 Å². The number of nitrogens with zero attached hydrogens (tertiary/aromatic N) is 2. The summed E-state index contributed by atoms with van der Waals surface area (Å²) in [4.78, 5) is 27.9. The van der Waals surface area contributed by atoms with Gasteiger partial charge in [0.05, 0.1) is 21.2 Å². The van der Waals surface area contributed by atoms with Gasteiger partial charge in [-0.15, -0.1) is 0 Å². The van der Waals surface area contributed by atoms with Gasteiger partial charge in [-0.25, -0.2) is 8.42 Å². The van der Waals surface area contributed by atoms with Crippen molar-refractivity contribution in [3.63, 3.8) is 0 Å². The summed E-state index contributed by atoms with van der Waals surface area (Å²) in [7, 11) is -4.53. The van der Waals surface area contributed by atoms with Gasteiger partial charge in [0.2, 0.25) is 11.8 Å². The lowest BCUT2D eigenvalue weighted by atomic mass is 10.1. The van der Waals surface area contributed by atoms with Crippen LogP contribution in [-0.2, 0) is 32.3 Å². The highest BCUT2D eigenvalue weighted by atomic mass is 35.5. The summed E-state index contributed by atoms with van der Waals surface area (Å²) >= 11 is 5.78. The molecule has 0 radical (unpaired) electrons. The highest BCUT2D eigenvalue weighted by Crippen LogP contribution is 2.38. The highest BCUT2D eigenvalue weighted by molar-refractivity contribution is 7.92. The Kier molecular flexibility index (Phi) is 9.76. The molecule has 0 bridgehead atoms. The minimum atomic E-state index is -4.88. The zero-order valence-corrected chi connectivity index (χ0v) is 24.5. The summed E-state index contributed by atoms with van der Waals surface area (Å²) in [5, 5.41) is 2.18. The van der Waals surface area contributed by atoms with Gasteiger partial charge in [-0.1, -0.05) is 60.1 Å². The Morgan fingerprint density at radius 3 is 2.02 bits per heavy atom. The summed E-state index contributed by atoms with van der Waals surface area (Å²) < 4.78 is 69.2. The number of nitrogens with one attached hydrogen (secondary N) is 1. The molecule has 1 atom stereocenters. The first kappa shape index (κ1) is 32.0. The molecule has 0 saturated heterocycles. The molecule has 12 heteroatoms. The molecule has 3 aromatic rings. The molecule has 0 aliphatic carbocycles. The van der Waals surface area contributed by atoms with Gasteiger partial charge < -0.3 is 10.2 Å². The second kappa shape index (κ2) is 12.5. The number of anilines is 1. The number of rotatable bonds is 9. The minimum Gasteiger partial charge on any atom is -0.350 e. The van der Waals surface area contributed by atoms with Crippen LogP contribution in [0.2, 0.25) is 5.02 Å². The van der Waals surface area contributed by atoms with Crippen molar-refractivity contribution in [1.29, 1.82) is 0 Å². The molecule has 3 rings (SSSR count). The predicted molar refractivity (Wildman–Crippen MR) is 152 cm³/mol. The van der Waals surface area contributed by atoms with Crippen molar-refractivity contribution in [2.24, 2.45) is 0 Å². The molecule has 7 nitrogen and oxygen atoms in total. The van der Waals surface area contributed by atoms with Gasteiger partial charge >= 0.3 is 6.18 Å². The number of carbonyl (C=O) groups excluding carboxylic acids is 2. The molecule has 41 heavy (non-hydrogen) atoms. The fourth-order valence-corrected chi connectivity index (χ4v) is 5.62. The Morgan fingerprint density at radius 2 is 1.49 bits per heavy atom. The first-order chi connectivity index (χ1) is 19.0. The smallest absolute Gasteiger partial charge is 0.350 e. The van der Waals surface area contributed by atoms with Crippen molar-refractivity contribution in [1.82, 2.24) is 10.2 Å². The van der Waals surface area contributed by atoms with Crippen molar-refractivity contribution < 1.29 is 31.2 Å². The molecule has 2 amide bonds. The van der Waals surface area contributed by atoms with E-state index in [0.717, 1.165) is 12.1 Å². The fraction of sp³-hybridized carbons (Fsp3) is 0.310. The average Bonchev–Trinajstić information content (AvgIpc) is 2.89. The van der Waals surface area contributed by atoms with Gasteiger partial charge in [-0.05, 0) is 63.6 Å². The first-order valence-electron chi connectivity index (χ1n) is 12.6. The molecule has 0 aliphatic rings. The van der Waals surface area contributed by atoms with Gasteiger partial charge in [0.1, 0.15) is 12.6 Å². The lowest BCUT2D eigenvalue weighted by Crippen LogP contribution is -2.54. The maximum atomic E-state index is 13.9. The third-order valence-electron chi connectivity index (χ3n) is 6.01. The number of hydrogen-bond acceptors (Lipinski definition) is 4. The number of sulfonamides is 1. The molecule has 3 aromatic carbocycles. The van der Waals surface area contributed by atoms with E-state index in [1.54, 1.807) is 57.2 Å². The molecule has 0 spiro atoms. The van der Waals surface area contributed by atoms with Crippen molar-refractivity contribution in [3.8, 4) is 0 Å². The molecule has 0 aliphatic heterocycles. The molecular formula is C29H31ClF3N3O4S. The van der Waals surface area contributed by atoms with Crippen molar-refractivity contribution >= 4 is 39.1 Å². The van der Waals surface area contributed by atoms with Crippen LogP contribution >= 0.6 is 11.6 Å². The van der Waals surface area contributed by atoms with E-state index in [1.807, 2.05) is 0 Å². The van der Waals surface area contributed by atoms with E-state index in [4.69, 9.17) is 11.6 Å². The first-order valence-corrected chi connectivity index (χ1v) is 14.4. The molecule has 0 aromatic heterocycles. The topological polar surface area (TPSA) is 86.8 Å². The standard InChI is InChI=1S/C29H31ClF3N3O4S/c1-20(27(38)34-28(2,3)4)35(18-21-11-7-5-8-12-21)26(37)19-36(41(39,40)23-13-9-6-10-14-23)22-15-16-25(30)24(17-22)29(31,32)33/h5-17,20H,18-19H2,1-4H3,(H,34,38). The fourth-order valence-electron chi connectivity index (χ4n) is 3.97. The van der Waals surface area contributed by atoms with E-state index >= 15 is 0 Å². The van der Waals surface area contributed by atoms with Gasteiger partial charge in [0, 0.05) is 12.1 Å². The van der Waals surface area contributed by atoms with E-state index in [-0.39, 0.29) is 11.4 Å². The van der Waals surface area contributed by atoms with Crippen LogP contribution in [0.1, 0.15) is 38.8 Å². The Morgan fingerprint density at radius 1 is 0.927 bits per heavy atom. The van der Waals surface area contributed by atoms with E-state index in [2.05, 4.69) is 5.32 Å². The van der Waals surface area contributed by atoms with Crippen LogP contribution in [0, 0.1) is 0 Å². The summed E-state index contributed by atoms with van der Waals surface area (Å²) in [5.41, 5.74) is -1.62. The van der Waals surface area contributed by atoms with Crippen molar-refractivity contribution in [3.05, 3.63) is 95.0 Å². The van der Waals surface area contributed by atoms with Crippen LogP contribution in [0.25, 0.3) is 0 Å². The molecule has 220 valence electrons. The molecule has 1 unspecified atom stereocenters. The number of hydrogen-bond donors (Lipinski definition) is 1.